The fourth-order valence-electron chi connectivity index (χ4n) is 0.664. The van der Waals surface area contributed by atoms with Crippen LogP contribution in [0.4, 0.5) is 0 Å². The lowest BCUT2D eigenvalue weighted by atomic mass is 10.3. The van der Waals surface area contributed by atoms with Crippen molar-refractivity contribution >= 4 is 15.1 Å². The van der Waals surface area contributed by atoms with E-state index in [1.54, 1.807) is 0 Å². The van der Waals surface area contributed by atoms with Gasteiger partial charge in [-0.1, -0.05) is 0 Å². The van der Waals surface area contributed by atoms with Gasteiger partial charge in [0.25, 0.3) is 0 Å². The molecule has 0 aromatic rings. The molecule has 0 radical (unpaired) electrons. The Bertz CT molecular complexity index is 81.7. The van der Waals surface area contributed by atoms with Crippen molar-refractivity contribution in [1.82, 2.24) is 5.32 Å². The van der Waals surface area contributed by atoms with Gasteiger partial charge in [0.15, 0.2) is 0 Å². The molecule has 1 unspecified atom stereocenters. The van der Waals surface area contributed by atoms with Gasteiger partial charge in [-0.15, -0.1) is 0 Å². The second-order valence-corrected chi connectivity index (χ2v) is 1.88. The first-order valence-corrected chi connectivity index (χ1v) is 2.91. The molecule has 0 saturated carbocycles. The molecule has 1 aliphatic heterocycles. The largest absolute Gasteiger partial charge is 0.311 e. The molecule has 1 heterocycles. The summed E-state index contributed by atoms with van der Waals surface area (Å²) < 4.78 is 3.96. The molecule has 1 aliphatic rings. The summed E-state index contributed by atoms with van der Waals surface area (Å²) in [5, 5.41) is 3.18. The van der Waals surface area contributed by atoms with E-state index in [0.29, 0.717) is 0 Å². The van der Waals surface area contributed by atoms with Crippen molar-refractivity contribution < 1.29 is 0 Å². The van der Waals surface area contributed by atoms with E-state index in [1.165, 1.54) is 5.71 Å². The van der Waals surface area contributed by atoms with E-state index in [-0.39, 0.29) is 0 Å². The first-order chi connectivity index (χ1) is 3.43. The van der Waals surface area contributed by atoms with Crippen LogP contribution >= 0.6 is 9.39 Å². The van der Waals surface area contributed by atoms with Crippen LogP contribution in [0.2, 0.25) is 0 Å². The minimum absolute atomic E-state index is 0.990. The molecule has 1 fully saturated rings. The maximum absolute atomic E-state index is 3.96. The summed E-state index contributed by atoms with van der Waals surface area (Å²) in [4.78, 5) is 0. The SMILES string of the molecule is PN=C1CCNC1. The molecular formula is C4H9N2P. The van der Waals surface area contributed by atoms with Crippen LogP contribution in [-0.2, 0) is 0 Å². The summed E-state index contributed by atoms with van der Waals surface area (Å²) in [5.41, 5.74) is 1.27. The molecule has 7 heavy (non-hydrogen) atoms. The van der Waals surface area contributed by atoms with Crippen molar-refractivity contribution in [2.45, 2.75) is 6.42 Å². The predicted molar refractivity (Wildman–Crippen MR) is 34.6 cm³/mol. The molecule has 0 aromatic heterocycles. The van der Waals surface area contributed by atoms with Crippen LogP contribution in [0.5, 0.6) is 0 Å². The van der Waals surface area contributed by atoms with Crippen LogP contribution in [0.3, 0.4) is 0 Å². The molecule has 0 bridgehead atoms. The summed E-state index contributed by atoms with van der Waals surface area (Å²) in [6, 6.07) is 0. The fraction of sp³-hybridized carbons (Fsp3) is 0.750. The van der Waals surface area contributed by atoms with Crippen molar-refractivity contribution in [3.05, 3.63) is 0 Å². The van der Waals surface area contributed by atoms with E-state index < -0.39 is 0 Å². The fourth-order valence-corrected chi connectivity index (χ4v) is 0.884. The number of nitrogens with one attached hydrogen (secondary N) is 1. The van der Waals surface area contributed by atoms with Gasteiger partial charge < -0.3 is 5.32 Å². The highest BCUT2D eigenvalue weighted by atomic mass is 31.0. The summed E-state index contributed by atoms with van der Waals surface area (Å²) in [6.45, 7) is 2.09. The summed E-state index contributed by atoms with van der Waals surface area (Å²) in [7, 11) is 2.37. The molecule has 1 saturated heterocycles. The second kappa shape index (κ2) is 2.39. The van der Waals surface area contributed by atoms with Gasteiger partial charge in [0, 0.05) is 18.8 Å². The summed E-state index contributed by atoms with van der Waals surface area (Å²) in [6.07, 6.45) is 1.13. The molecule has 1 rings (SSSR count). The van der Waals surface area contributed by atoms with Crippen LogP contribution in [0.25, 0.3) is 0 Å². The Kier molecular flexibility index (Phi) is 1.77. The van der Waals surface area contributed by atoms with E-state index >= 15 is 0 Å². The standard InChI is InChI=1S/C4H9N2P/c7-6-4-1-2-5-3-4/h5H,1-3,7H2. The third-order valence-corrected chi connectivity index (χ3v) is 1.47. The van der Waals surface area contributed by atoms with Crippen LogP contribution < -0.4 is 5.32 Å². The quantitative estimate of drug-likeness (QED) is 0.449. The van der Waals surface area contributed by atoms with E-state index in [4.69, 9.17) is 0 Å². The molecule has 1 atom stereocenters. The van der Waals surface area contributed by atoms with Crippen LogP contribution in [-0.4, -0.2) is 18.8 Å². The van der Waals surface area contributed by atoms with Crippen LogP contribution in [0, 0.1) is 0 Å². The minimum atomic E-state index is 0.990. The third kappa shape index (κ3) is 1.22. The highest BCUT2D eigenvalue weighted by Crippen LogP contribution is 1.95. The highest BCUT2D eigenvalue weighted by molar-refractivity contribution is 7.15. The highest BCUT2D eigenvalue weighted by Gasteiger charge is 2.03. The van der Waals surface area contributed by atoms with Gasteiger partial charge in [-0.25, -0.2) is 0 Å². The zero-order valence-electron chi connectivity index (χ0n) is 4.15. The van der Waals surface area contributed by atoms with Crippen LogP contribution in [0.1, 0.15) is 6.42 Å². The molecule has 0 aromatic carbocycles. The van der Waals surface area contributed by atoms with Gasteiger partial charge in [0.1, 0.15) is 0 Å². The maximum atomic E-state index is 3.96. The van der Waals surface area contributed by atoms with Crippen molar-refractivity contribution in [2.75, 3.05) is 13.1 Å². The maximum Gasteiger partial charge on any atom is 0.0339 e. The molecule has 0 aliphatic carbocycles. The molecule has 3 heteroatoms. The van der Waals surface area contributed by atoms with Gasteiger partial charge in [-0.3, -0.25) is 4.76 Å². The van der Waals surface area contributed by atoms with E-state index in [1.807, 2.05) is 0 Å². The monoisotopic (exact) mass is 116 g/mol. The van der Waals surface area contributed by atoms with Gasteiger partial charge >= 0.3 is 0 Å². The van der Waals surface area contributed by atoms with Crippen molar-refractivity contribution in [1.29, 1.82) is 0 Å². The first-order valence-electron chi connectivity index (χ1n) is 2.40. The topological polar surface area (TPSA) is 24.4 Å². The molecular weight excluding hydrogens is 107 g/mol. The van der Waals surface area contributed by atoms with E-state index in [0.717, 1.165) is 19.5 Å². The Balaban J connectivity index is 2.41. The van der Waals surface area contributed by atoms with E-state index in [9.17, 15) is 0 Å². The Morgan fingerprint density at radius 3 is 2.86 bits per heavy atom. The zero-order valence-corrected chi connectivity index (χ0v) is 5.30. The van der Waals surface area contributed by atoms with Gasteiger partial charge in [0.05, 0.1) is 0 Å². The van der Waals surface area contributed by atoms with Crippen molar-refractivity contribution in [2.24, 2.45) is 4.76 Å². The van der Waals surface area contributed by atoms with Crippen LogP contribution in [0.15, 0.2) is 4.76 Å². The minimum Gasteiger partial charge on any atom is -0.311 e. The lowest BCUT2D eigenvalue weighted by Crippen LogP contribution is -2.07. The Labute approximate surface area is 45.7 Å². The van der Waals surface area contributed by atoms with Crippen molar-refractivity contribution in [3.63, 3.8) is 0 Å². The van der Waals surface area contributed by atoms with Gasteiger partial charge in [0.2, 0.25) is 0 Å². The van der Waals surface area contributed by atoms with E-state index in [2.05, 4.69) is 19.5 Å². The third-order valence-electron chi connectivity index (χ3n) is 1.10. The Morgan fingerprint density at radius 1 is 1.71 bits per heavy atom. The molecule has 0 spiro atoms. The predicted octanol–water partition coefficient (Wildman–Crippen LogP) is 0.211. The molecule has 1 N–H and O–H groups in total. The lowest BCUT2D eigenvalue weighted by molar-refractivity contribution is 0.863. The lowest BCUT2D eigenvalue weighted by Gasteiger charge is -1.83. The smallest absolute Gasteiger partial charge is 0.0339 e. The van der Waals surface area contributed by atoms with Crippen molar-refractivity contribution in [3.8, 4) is 0 Å². The molecule has 40 valence electrons. The Morgan fingerprint density at radius 2 is 2.57 bits per heavy atom. The first kappa shape index (κ1) is 5.20. The summed E-state index contributed by atoms with van der Waals surface area (Å²) >= 11 is 0. The number of nitrogens with zero attached hydrogens (tertiary/aromatic N) is 1. The molecule has 0 amide bonds. The zero-order chi connectivity index (χ0) is 5.11. The summed E-state index contributed by atoms with van der Waals surface area (Å²) in [5.74, 6) is 0. The Hall–Kier alpha value is 0.0600. The average Bonchev–Trinajstić information content (AvgIpc) is 2.14. The number of hydrogen-bond donors (Lipinski definition) is 1. The molecule has 2 nitrogen and oxygen atoms in total. The number of rotatable bonds is 0. The second-order valence-electron chi connectivity index (χ2n) is 1.62. The van der Waals surface area contributed by atoms with Gasteiger partial charge in [-0.05, 0) is 15.8 Å². The average molecular weight is 116 g/mol. The van der Waals surface area contributed by atoms with Gasteiger partial charge in [-0.2, -0.15) is 0 Å². The normalized spacial score (nSPS) is 26.7. The number of hydrogen-bond acceptors (Lipinski definition) is 2.